The molecule has 0 aromatic carbocycles. The van der Waals surface area contributed by atoms with Gasteiger partial charge in [0.15, 0.2) is 0 Å². The first-order valence-electron chi connectivity index (χ1n) is 7.40. The van der Waals surface area contributed by atoms with Crippen molar-refractivity contribution in [2.75, 3.05) is 25.6 Å². The Hall–Kier alpha value is -1.11. The Balaban J connectivity index is 2.02. The maximum absolute atomic E-state index is 6.02. The highest BCUT2D eigenvalue weighted by atomic mass is 16.7. The van der Waals surface area contributed by atoms with Crippen molar-refractivity contribution in [3.05, 3.63) is 18.3 Å². The van der Waals surface area contributed by atoms with Gasteiger partial charge >= 0.3 is 7.12 Å². The average molecular weight is 292 g/mol. The Kier molecular flexibility index (Phi) is 4.91. The van der Waals surface area contributed by atoms with Gasteiger partial charge in [0.2, 0.25) is 0 Å². The Morgan fingerprint density at radius 3 is 2.52 bits per heavy atom. The number of nitrogens with one attached hydrogen (secondary N) is 1. The summed E-state index contributed by atoms with van der Waals surface area (Å²) >= 11 is 0. The van der Waals surface area contributed by atoms with Crippen LogP contribution in [0.4, 0.5) is 5.69 Å². The van der Waals surface area contributed by atoms with Gasteiger partial charge in [0.1, 0.15) is 0 Å². The molecule has 1 N–H and O–H groups in total. The van der Waals surface area contributed by atoms with Gasteiger partial charge in [-0.15, -0.1) is 0 Å². The van der Waals surface area contributed by atoms with E-state index in [-0.39, 0.29) is 11.2 Å². The molecular formula is C15H25BN2O3. The first kappa shape index (κ1) is 16.3. The van der Waals surface area contributed by atoms with E-state index in [9.17, 15) is 0 Å². The summed E-state index contributed by atoms with van der Waals surface area (Å²) in [6.07, 6.45) is 2.74. The van der Waals surface area contributed by atoms with Crippen LogP contribution in [0.2, 0.25) is 0 Å². The molecule has 0 radical (unpaired) electrons. The van der Waals surface area contributed by atoms with Crippen molar-refractivity contribution in [2.24, 2.45) is 0 Å². The molecule has 2 heterocycles. The molecule has 1 saturated heterocycles. The molecule has 21 heavy (non-hydrogen) atoms. The number of rotatable bonds is 6. The van der Waals surface area contributed by atoms with Crippen molar-refractivity contribution in [1.82, 2.24) is 4.98 Å². The highest BCUT2D eigenvalue weighted by molar-refractivity contribution is 6.61. The van der Waals surface area contributed by atoms with Gasteiger partial charge in [-0.3, -0.25) is 4.98 Å². The predicted octanol–water partition coefficient (Wildman–Crippen LogP) is 1.83. The molecule has 0 unspecified atom stereocenters. The lowest BCUT2D eigenvalue weighted by Gasteiger charge is -2.32. The summed E-state index contributed by atoms with van der Waals surface area (Å²) in [7, 11) is 1.29. The molecule has 0 atom stereocenters. The second-order valence-corrected chi connectivity index (χ2v) is 6.33. The van der Waals surface area contributed by atoms with Gasteiger partial charge in [0.05, 0.1) is 16.8 Å². The van der Waals surface area contributed by atoms with Gasteiger partial charge in [-0.05, 0) is 46.2 Å². The monoisotopic (exact) mass is 292 g/mol. The van der Waals surface area contributed by atoms with Gasteiger partial charge in [0, 0.05) is 32.1 Å². The fourth-order valence-corrected chi connectivity index (χ4v) is 2.10. The lowest BCUT2D eigenvalue weighted by molar-refractivity contribution is 0.00578. The van der Waals surface area contributed by atoms with Gasteiger partial charge in [-0.2, -0.15) is 0 Å². The number of methoxy groups -OCH3 is 1. The molecule has 1 aromatic heterocycles. The zero-order chi connectivity index (χ0) is 15.5. The van der Waals surface area contributed by atoms with Gasteiger partial charge in [-0.1, -0.05) is 0 Å². The van der Waals surface area contributed by atoms with Crippen LogP contribution in [0.3, 0.4) is 0 Å². The number of anilines is 1. The third kappa shape index (κ3) is 3.76. The van der Waals surface area contributed by atoms with E-state index in [4.69, 9.17) is 14.0 Å². The van der Waals surface area contributed by atoms with Crippen LogP contribution in [0.5, 0.6) is 0 Å². The topological polar surface area (TPSA) is 52.6 Å². The zero-order valence-corrected chi connectivity index (χ0v) is 13.6. The van der Waals surface area contributed by atoms with Crippen LogP contribution in [0.25, 0.3) is 0 Å². The molecule has 1 aromatic rings. The fraction of sp³-hybridized carbons (Fsp3) is 0.667. The smallest absolute Gasteiger partial charge is 0.398 e. The molecule has 1 aliphatic rings. The minimum atomic E-state index is -0.421. The van der Waals surface area contributed by atoms with Crippen LogP contribution < -0.4 is 10.9 Å². The van der Waals surface area contributed by atoms with E-state index in [0.717, 1.165) is 30.9 Å². The number of nitrogens with zero attached hydrogens (tertiary/aromatic N) is 1. The second-order valence-electron chi connectivity index (χ2n) is 6.33. The Labute approximate surface area is 127 Å². The number of ether oxygens (including phenoxy) is 1. The van der Waals surface area contributed by atoms with Crippen LogP contribution in [-0.2, 0) is 14.0 Å². The molecule has 5 nitrogen and oxygen atoms in total. The number of aromatic nitrogens is 1. The average Bonchev–Trinajstić information content (AvgIpc) is 2.64. The minimum Gasteiger partial charge on any atom is -0.398 e. The molecule has 0 saturated carbocycles. The molecule has 6 heteroatoms. The molecule has 0 aliphatic carbocycles. The second kappa shape index (κ2) is 6.34. The summed E-state index contributed by atoms with van der Waals surface area (Å²) in [5, 5.41) is 3.35. The Morgan fingerprint density at radius 1 is 1.24 bits per heavy atom. The minimum absolute atomic E-state index is 0.346. The van der Waals surface area contributed by atoms with Crippen molar-refractivity contribution in [3.8, 4) is 0 Å². The van der Waals surface area contributed by atoms with E-state index in [2.05, 4.69) is 10.3 Å². The Bertz CT molecular complexity index is 464. The zero-order valence-electron chi connectivity index (χ0n) is 13.6. The predicted molar refractivity (Wildman–Crippen MR) is 84.9 cm³/mol. The normalized spacial score (nSPS) is 19.8. The maximum atomic E-state index is 6.02. The Morgan fingerprint density at radius 2 is 1.90 bits per heavy atom. The highest BCUT2D eigenvalue weighted by Gasteiger charge is 2.52. The fourth-order valence-electron chi connectivity index (χ4n) is 2.10. The molecule has 0 bridgehead atoms. The van der Waals surface area contributed by atoms with Crippen LogP contribution in [0.1, 0.15) is 34.1 Å². The third-order valence-corrected chi connectivity index (χ3v) is 4.13. The summed E-state index contributed by atoms with van der Waals surface area (Å²) in [6.45, 7) is 9.78. The van der Waals surface area contributed by atoms with Crippen molar-refractivity contribution < 1.29 is 14.0 Å². The molecular weight excluding hydrogens is 267 g/mol. The first-order valence-corrected chi connectivity index (χ1v) is 7.40. The van der Waals surface area contributed by atoms with Gasteiger partial charge in [0.25, 0.3) is 0 Å². The van der Waals surface area contributed by atoms with Crippen molar-refractivity contribution >= 4 is 18.4 Å². The standard InChI is InChI=1S/C15H25BN2O3/c1-14(2)15(3,4)21-16(20-14)13-11-12(7-9-18-13)17-8-6-10-19-5/h7,9,11H,6,8,10H2,1-5H3,(H,17,18). The van der Waals surface area contributed by atoms with Gasteiger partial charge in [-0.25, -0.2) is 0 Å². The van der Waals surface area contributed by atoms with Crippen molar-refractivity contribution in [3.63, 3.8) is 0 Å². The number of pyridine rings is 1. The summed E-state index contributed by atoms with van der Waals surface area (Å²) < 4.78 is 17.1. The lowest BCUT2D eigenvalue weighted by atomic mass is 9.84. The van der Waals surface area contributed by atoms with Crippen molar-refractivity contribution in [1.29, 1.82) is 0 Å². The highest BCUT2D eigenvalue weighted by Crippen LogP contribution is 2.36. The molecule has 116 valence electrons. The summed E-state index contributed by atoms with van der Waals surface area (Å²) in [5.41, 5.74) is 1.12. The SMILES string of the molecule is COCCCNc1ccnc(B2OC(C)(C)C(C)(C)O2)c1. The summed E-state index contributed by atoms with van der Waals surface area (Å²) in [5.74, 6) is 0. The molecule has 0 amide bonds. The van der Waals surface area contributed by atoms with E-state index < -0.39 is 7.12 Å². The quantitative estimate of drug-likeness (QED) is 0.640. The summed E-state index contributed by atoms with van der Waals surface area (Å²) in [4.78, 5) is 4.38. The summed E-state index contributed by atoms with van der Waals surface area (Å²) in [6, 6.07) is 3.93. The van der Waals surface area contributed by atoms with Crippen molar-refractivity contribution in [2.45, 2.75) is 45.3 Å². The van der Waals surface area contributed by atoms with E-state index in [1.807, 2.05) is 39.8 Å². The van der Waals surface area contributed by atoms with E-state index in [0.29, 0.717) is 0 Å². The third-order valence-electron chi connectivity index (χ3n) is 4.13. The largest absolute Gasteiger partial charge is 0.514 e. The van der Waals surface area contributed by atoms with Gasteiger partial charge < -0.3 is 19.4 Å². The molecule has 1 aliphatic heterocycles. The molecule has 1 fully saturated rings. The van der Waals surface area contributed by atoms with E-state index in [1.165, 1.54) is 0 Å². The molecule has 0 spiro atoms. The van der Waals surface area contributed by atoms with Crippen LogP contribution in [0.15, 0.2) is 18.3 Å². The van der Waals surface area contributed by atoms with Crippen LogP contribution in [0, 0.1) is 0 Å². The van der Waals surface area contributed by atoms with E-state index in [1.54, 1.807) is 13.3 Å². The molecule has 2 rings (SSSR count). The van der Waals surface area contributed by atoms with Crippen LogP contribution >= 0.6 is 0 Å². The maximum Gasteiger partial charge on any atom is 0.514 e. The first-order chi connectivity index (χ1) is 9.86. The van der Waals surface area contributed by atoms with Crippen LogP contribution in [-0.4, -0.2) is 43.6 Å². The number of hydrogen-bond donors (Lipinski definition) is 1. The lowest BCUT2D eigenvalue weighted by Crippen LogP contribution is -2.41. The van der Waals surface area contributed by atoms with E-state index >= 15 is 0 Å². The number of hydrogen-bond acceptors (Lipinski definition) is 5.